The lowest BCUT2D eigenvalue weighted by molar-refractivity contribution is 0.106. The Bertz CT molecular complexity index is 1790. The van der Waals surface area contributed by atoms with E-state index in [0.29, 0.717) is 20.7 Å². The molecule has 1 atom stereocenters. The monoisotopic (exact) mass is 686 g/mol. The van der Waals surface area contributed by atoms with E-state index >= 15 is 0 Å². The molecule has 0 aromatic heterocycles. The van der Waals surface area contributed by atoms with Crippen LogP contribution < -0.4 is 5.01 Å². The first-order chi connectivity index (χ1) is 20.4. The van der Waals surface area contributed by atoms with Crippen molar-refractivity contribution in [2.45, 2.75) is 8.95 Å². The van der Waals surface area contributed by atoms with E-state index in [2.05, 4.69) is 64.5 Å². The Labute approximate surface area is 271 Å². The van der Waals surface area contributed by atoms with Gasteiger partial charge in [0, 0.05) is 25.6 Å². The van der Waals surface area contributed by atoms with Crippen molar-refractivity contribution >= 4 is 79.2 Å². The fourth-order valence-electron chi connectivity index (χ4n) is 5.55. The van der Waals surface area contributed by atoms with Crippen molar-refractivity contribution in [3.05, 3.63) is 170 Å². The van der Waals surface area contributed by atoms with Crippen molar-refractivity contribution in [1.82, 2.24) is 0 Å². The molecule has 0 saturated heterocycles. The lowest BCUT2D eigenvalue weighted by atomic mass is 9.82. The van der Waals surface area contributed by atoms with Crippen LogP contribution in [0.15, 0.2) is 137 Å². The van der Waals surface area contributed by atoms with Crippen molar-refractivity contribution in [3.8, 4) is 0 Å². The minimum atomic E-state index is -0.788. The summed E-state index contributed by atoms with van der Waals surface area (Å²) in [6.45, 7) is 0. The molecule has 1 spiro atoms. The van der Waals surface area contributed by atoms with Gasteiger partial charge in [-0.15, -0.1) is 0 Å². The van der Waals surface area contributed by atoms with Crippen LogP contribution in [-0.2, 0) is 8.95 Å². The van der Waals surface area contributed by atoms with E-state index in [1.54, 1.807) is 11.8 Å². The molecule has 0 fully saturated rings. The molecule has 42 heavy (non-hydrogen) atoms. The Morgan fingerprint density at radius 1 is 0.690 bits per heavy atom. The highest BCUT2D eigenvalue weighted by Gasteiger charge is 2.61. The van der Waals surface area contributed by atoms with Gasteiger partial charge in [-0.1, -0.05) is 142 Å². The molecule has 0 radical (unpaired) electrons. The molecule has 2 heterocycles. The Morgan fingerprint density at radius 2 is 1.24 bits per heavy atom. The molecule has 0 saturated carbocycles. The van der Waals surface area contributed by atoms with Crippen LogP contribution >= 0.6 is 62.7 Å². The van der Waals surface area contributed by atoms with E-state index in [4.69, 9.17) is 28.3 Å². The van der Waals surface area contributed by atoms with Gasteiger partial charge >= 0.3 is 0 Å². The second-order valence-corrected chi connectivity index (χ2v) is 14.6. The quantitative estimate of drug-likeness (QED) is 0.172. The van der Waals surface area contributed by atoms with Crippen molar-refractivity contribution in [3.63, 3.8) is 0 Å². The number of hydrazone groups is 1. The van der Waals surface area contributed by atoms with E-state index in [1.807, 2.05) is 83.9 Å². The van der Waals surface area contributed by atoms with Crippen LogP contribution in [0.25, 0.3) is 0 Å². The fourth-order valence-corrected chi connectivity index (χ4v) is 9.69. The molecule has 8 heteroatoms. The number of carbonyl (C=O) groups is 1. The third-order valence-corrected chi connectivity index (χ3v) is 11.8. The minimum absolute atomic E-state index is 0.104. The number of halogens is 3. The highest BCUT2D eigenvalue weighted by molar-refractivity contribution is 9.10. The molecular weight excluding hydrogens is 667 g/mol. The molecule has 0 N–H and O–H groups in total. The van der Waals surface area contributed by atoms with Crippen LogP contribution in [0, 0.1) is 0 Å². The molecule has 2 aliphatic rings. The molecule has 0 unspecified atom stereocenters. The summed E-state index contributed by atoms with van der Waals surface area (Å²) in [5, 5.41) is 8.85. The van der Waals surface area contributed by atoms with Gasteiger partial charge in [0.2, 0.25) is 5.78 Å². The molecule has 5 aromatic rings. The summed E-state index contributed by atoms with van der Waals surface area (Å²) >= 11 is 19.6. The zero-order valence-electron chi connectivity index (χ0n) is 21.9. The zero-order valence-corrected chi connectivity index (χ0v) is 26.6. The number of fused-ring (bicyclic) bond motifs is 2. The van der Waals surface area contributed by atoms with E-state index in [0.717, 1.165) is 32.4 Å². The number of carbonyl (C=O) groups excluding carboxylic acids is 1. The topological polar surface area (TPSA) is 32.7 Å². The summed E-state index contributed by atoms with van der Waals surface area (Å²) in [5.41, 5.74) is 5.83. The van der Waals surface area contributed by atoms with Gasteiger partial charge in [-0.2, -0.15) is 5.10 Å². The van der Waals surface area contributed by atoms with Crippen molar-refractivity contribution < 1.29 is 4.79 Å². The van der Waals surface area contributed by atoms with Crippen molar-refractivity contribution in [1.29, 1.82) is 0 Å². The molecule has 2 aliphatic heterocycles. The maximum atomic E-state index is 13.9. The number of ketones is 1. The van der Waals surface area contributed by atoms with Gasteiger partial charge in [-0.25, -0.2) is 5.01 Å². The lowest BCUT2D eigenvalue weighted by Gasteiger charge is -2.37. The highest BCUT2D eigenvalue weighted by atomic mass is 79.9. The van der Waals surface area contributed by atoms with Gasteiger partial charge in [0.25, 0.3) is 0 Å². The number of hydrogen-bond acceptors (Lipinski definition) is 5. The van der Waals surface area contributed by atoms with Gasteiger partial charge < -0.3 is 0 Å². The molecule has 0 aliphatic carbocycles. The number of nitrogens with zero attached hydrogens (tertiary/aromatic N) is 2. The predicted molar refractivity (Wildman–Crippen MR) is 181 cm³/mol. The average molecular weight is 688 g/mol. The van der Waals surface area contributed by atoms with E-state index < -0.39 is 8.95 Å². The van der Waals surface area contributed by atoms with E-state index in [1.165, 1.54) is 11.8 Å². The SMILES string of the molecule is O=C(C1=NN(c2ccc(Br)cc2)[C@]2(S1)SC(c1ccc(Cl)cc1)(c1ccc(Cl)cc1)c1ccccc12)c1ccccc1. The molecule has 206 valence electrons. The average Bonchev–Trinajstić information content (AvgIpc) is 3.55. The van der Waals surface area contributed by atoms with E-state index in [9.17, 15) is 4.79 Å². The Balaban J connectivity index is 1.48. The first kappa shape index (κ1) is 27.8. The number of rotatable bonds is 5. The Kier molecular flexibility index (Phi) is 7.24. The number of hydrogen-bond donors (Lipinski definition) is 0. The summed E-state index contributed by atoms with van der Waals surface area (Å²) in [4.78, 5) is 13.9. The standard InChI is InChI=1S/C34H21BrCl2N2OS2/c35-25-14-20-28(21-15-25)39-34(41-32(38-39)31(40)22-6-2-1-3-7-22)30-9-5-4-8-29(30)33(42-34,23-10-16-26(36)17-11-23)24-12-18-27(37)19-13-24/h1-21H/t34-/m1/s1. The third kappa shape index (κ3) is 4.52. The summed E-state index contributed by atoms with van der Waals surface area (Å²) < 4.78 is -0.468. The Morgan fingerprint density at radius 3 is 1.83 bits per heavy atom. The first-order valence-corrected chi connectivity index (χ1v) is 16.3. The van der Waals surface area contributed by atoms with Gasteiger partial charge in [-0.3, -0.25) is 4.79 Å². The summed E-state index contributed by atoms with van der Waals surface area (Å²) in [6, 6.07) is 41.9. The normalized spacial score (nSPS) is 18.6. The summed E-state index contributed by atoms with van der Waals surface area (Å²) in [6.07, 6.45) is 0. The van der Waals surface area contributed by atoms with Gasteiger partial charge in [0.1, 0.15) is 0 Å². The highest BCUT2D eigenvalue weighted by Crippen LogP contribution is 2.71. The smallest absolute Gasteiger partial charge is 0.219 e. The maximum Gasteiger partial charge on any atom is 0.219 e. The lowest BCUT2D eigenvalue weighted by Crippen LogP contribution is -2.34. The van der Waals surface area contributed by atoms with Crippen LogP contribution in [0.3, 0.4) is 0 Å². The van der Waals surface area contributed by atoms with E-state index in [-0.39, 0.29) is 5.78 Å². The van der Waals surface area contributed by atoms with Crippen molar-refractivity contribution in [2.24, 2.45) is 5.10 Å². The summed E-state index contributed by atoms with van der Waals surface area (Å²) in [5.74, 6) is -0.104. The second-order valence-electron chi connectivity index (χ2n) is 9.92. The largest absolute Gasteiger partial charge is 0.286 e. The van der Waals surface area contributed by atoms with Crippen LogP contribution in [0.2, 0.25) is 10.0 Å². The third-order valence-electron chi connectivity index (χ3n) is 7.45. The van der Waals surface area contributed by atoms with Crippen LogP contribution in [0.5, 0.6) is 0 Å². The maximum absolute atomic E-state index is 13.9. The number of thioether (sulfide) groups is 2. The number of benzene rings is 5. The second kappa shape index (κ2) is 10.9. The van der Waals surface area contributed by atoms with Crippen LogP contribution in [0.1, 0.15) is 32.6 Å². The fraction of sp³-hybridized carbons (Fsp3) is 0.0588. The van der Waals surface area contributed by atoms with Crippen molar-refractivity contribution in [2.75, 3.05) is 5.01 Å². The van der Waals surface area contributed by atoms with Gasteiger partial charge in [0.05, 0.1) is 10.4 Å². The molecular formula is C34H21BrCl2N2OS2. The molecule has 7 rings (SSSR count). The molecule has 5 aromatic carbocycles. The minimum Gasteiger partial charge on any atom is -0.286 e. The van der Waals surface area contributed by atoms with Gasteiger partial charge in [-0.05, 0) is 65.2 Å². The van der Waals surface area contributed by atoms with Gasteiger partial charge in [0.15, 0.2) is 9.25 Å². The molecule has 0 amide bonds. The molecule has 3 nitrogen and oxygen atoms in total. The number of Topliss-reactive ketones (excluding diaryl/α,β-unsaturated/α-hetero) is 1. The van der Waals surface area contributed by atoms with Crippen LogP contribution in [0.4, 0.5) is 5.69 Å². The predicted octanol–water partition coefficient (Wildman–Crippen LogP) is 10.4. The number of anilines is 1. The zero-order chi connectivity index (χ0) is 28.9. The Hall–Kier alpha value is -3.00. The summed E-state index contributed by atoms with van der Waals surface area (Å²) in [7, 11) is 0. The first-order valence-electron chi connectivity index (χ1n) is 13.2. The molecule has 0 bridgehead atoms. The van der Waals surface area contributed by atoms with Crippen LogP contribution in [-0.4, -0.2) is 10.8 Å².